The first-order chi connectivity index (χ1) is 7.15. The van der Waals surface area contributed by atoms with Crippen molar-refractivity contribution in [2.75, 3.05) is 27.1 Å². The third-order valence-corrected chi connectivity index (χ3v) is 3.61. The molecule has 2 atom stereocenters. The quantitative estimate of drug-likeness (QED) is 0.390. The second-order valence-corrected chi connectivity index (χ2v) is 4.25. The van der Waals surface area contributed by atoms with Crippen LogP contribution in [0.25, 0.3) is 0 Å². The summed E-state index contributed by atoms with van der Waals surface area (Å²) in [6.45, 7) is 0. The van der Waals surface area contributed by atoms with E-state index in [1.54, 1.807) is 0 Å². The Morgan fingerprint density at radius 1 is 1.40 bits per heavy atom. The Bertz CT molecular complexity index is 251. The van der Waals surface area contributed by atoms with Gasteiger partial charge in [0.15, 0.2) is 12.1 Å². The summed E-state index contributed by atoms with van der Waals surface area (Å²) in [5.74, 6) is -1.12. The lowest BCUT2D eigenvalue weighted by atomic mass is 10.0. The molecule has 0 aromatic carbocycles. The molecule has 6 heteroatoms. The number of ketones is 1. The number of hydrogen-bond acceptors (Lipinski definition) is 6. The van der Waals surface area contributed by atoms with Crippen LogP contribution in [-0.4, -0.2) is 50.4 Å². The first-order valence-electron chi connectivity index (χ1n) is 4.43. The summed E-state index contributed by atoms with van der Waals surface area (Å²) in [5.41, 5.74) is 0. The number of hydrogen-bond donors (Lipinski definition) is 0. The van der Waals surface area contributed by atoms with Crippen molar-refractivity contribution < 1.29 is 23.8 Å². The second kappa shape index (κ2) is 5.48. The fourth-order valence-electron chi connectivity index (χ4n) is 1.54. The summed E-state index contributed by atoms with van der Waals surface area (Å²) in [4.78, 5) is 22.9. The molecule has 0 spiro atoms. The van der Waals surface area contributed by atoms with Crippen molar-refractivity contribution in [3.8, 4) is 0 Å². The Hall–Kier alpha value is -0.590. The highest BCUT2D eigenvalue weighted by atomic mass is 32.2. The molecule has 1 aliphatic heterocycles. The minimum absolute atomic E-state index is 0.129. The molecule has 0 bridgehead atoms. The third-order valence-electron chi connectivity index (χ3n) is 2.28. The third kappa shape index (κ3) is 2.50. The van der Waals surface area contributed by atoms with Crippen LogP contribution in [0, 0.1) is 5.92 Å². The van der Waals surface area contributed by atoms with Crippen LogP contribution in [0.2, 0.25) is 0 Å². The van der Waals surface area contributed by atoms with E-state index in [-0.39, 0.29) is 11.0 Å². The predicted molar refractivity (Wildman–Crippen MR) is 54.6 cm³/mol. The molecule has 0 N–H and O–H groups in total. The van der Waals surface area contributed by atoms with E-state index in [4.69, 9.17) is 9.47 Å². The van der Waals surface area contributed by atoms with Crippen molar-refractivity contribution in [2.24, 2.45) is 5.92 Å². The van der Waals surface area contributed by atoms with Crippen molar-refractivity contribution in [3.63, 3.8) is 0 Å². The molecule has 5 nitrogen and oxygen atoms in total. The molecular weight excluding hydrogens is 220 g/mol. The molecule has 15 heavy (non-hydrogen) atoms. The van der Waals surface area contributed by atoms with E-state index in [1.807, 2.05) is 0 Å². The van der Waals surface area contributed by atoms with E-state index in [9.17, 15) is 9.59 Å². The molecule has 0 saturated carbocycles. The minimum atomic E-state index is -0.773. The number of Topliss-reactive ketones (excluding diaryl/α,β-unsaturated/α-hetero) is 1. The highest BCUT2D eigenvalue weighted by molar-refractivity contribution is 8.01. The van der Waals surface area contributed by atoms with Crippen molar-refractivity contribution in [2.45, 2.75) is 11.5 Å². The van der Waals surface area contributed by atoms with Gasteiger partial charge >= 0.3 is 5.97 Å². The number of carbonyl (C=O) groups excluding carboxylic acids is 2. The standard InChI is InChI=1S/C9H14O5S/c1-12-8(11)6-5(10)4-15-7(6)9(13-2)14-3/h6-7,9H,4H2,1-3H3. The van der Waals surface area contributed by atoms with Crippen molar-refractivity contribution in [3.05, 3.63) is 0 Å². The highest BCUT2D eigenvalue weighted by Gasteiger charge is 2.46. The van der Waals surface area contributed by atoms with Crippen molar-refractivity contribution in [1.82, 2.24) is 0 Å². The molecule has 86 valence electrons. The summed E-state index contributed by atoms with van der Waals surface area (Å²) in [5, 5.41) is -0.319. The van der Waals surface area contributed by atoms with Crippen LogP contribution in [0.15, 0.2) is 0 Å². The molecule has 0 radical (unpaired) electrons. The molecule has 0 aliphatic carbocycles. The van der Waals surface area contributed by atoms with Crippen LogP contribution in [0.1, 0.15) is 0 Å². The van der Waals surface area contributed by atoms with E-state index in [1.165, 1.54) is 33.1 Å². The Kier molecular flexibility index (Phi) is 4.56. The zero-order chi connectivity index (χ0) is 11.4. The fourth-order valence-corrected chi connectivity index (χ4v) is 2.91. The maximum Gasteiger partial charge on any atom is 0.317 e. The molecule has 0 aromatic rings. The monoisotopic (exact) mass is 234 g/mol. The summed E-state index contributed by atoms with van der Waals surface area (Å²) in [6, 6.07) is 0. The van der Waals surface area contributed by atoms with Crippen LogP contribution < -0.4 is 0 Å². The van der Waals surface area contributed by atoms with Crippen molar-refractivity contribution >= 4 is 23.5 Å². The highest BCUT2D eigenvalue weighted by Crippen LogP contribution is 2.34. The molecule has 1 saturated heterocycles. The zero-order valence-corrected chi connectivity index (χ0v) is 9.71. The minimum Gasteiger partial charge on any atom is -0.468 e. The van der Waals surface area contributed by atoms with Gasteiger partial charge in [-0.15, -0.1) is 11.8 Å². The summed E-state index contributed by atoms with van der Waals surface area (Å²) in [6.07, 6.45) is -0.564. The topological polar surface area (TPSA) is 61.8 Å². The Labute approximate surface area is 92.4 Å². The van der Waals surface area contributed by atoms with Gasteiger partial charge in [0.05, 0.1) is 18.1 Å². The van der Waals surface area contributed by atoms with Gasteiger partial charge in [-0.2, -0.15) is 0 Å². The zero-order valence-electron chi connectivity index (χ0n) is 8.89. The number of thioether (sulfide) groups is 1. The molecule has 1 fully saturated rings. The largest absolute Gasteiger partial charge is 0.468 e. The van der Waals surface area contributed by atoms with Gasteiger partial charge in [-0.3, -0.25) is 9.59 Å². The number of rotatable bonds is 4. The average Bonchev–Trinajstić information content (AvgIpc) is 2.61. The lowest BCUT2D eigenvalue weighted by molar-refractivity contribution is -0.155. The molecular formula is C9H14O5S. The summed E-state index contributed by atoms with van der Waals surface area (Å²) in [7, 11) is 4.22. The first-order valence-corrected chi connectivity index (χ1v) is 5.48. The van der Waals surface area contributed by atoms with E-state index < -0.39 is 18.2 Å². The number of ether oxygens (including phenoxy) is 3. The Morgan fingerprint density at radius 3 is 2.47 bits per heavy atom. The average molecular weight is 234 g/mol. The van der Waals surface area contributed by atoms with Gasteiger partial charge in [0.1, 0.15) is 5.92 Å². The van der Waals surface area contributed by atoms with Gasteiger partial charge in [-0.25, -0.2) is 0 Å². The normalized spacial score (nSPS) is 26.0. The summed E-state index contributed by atoms with van der Waals surface area (Å²) >= 11 is 1.36. The van der Waals surface area contributed by atoms with Crippen molar-refractivity contribution in [1.29, 1.82) is 0 Å². The van der Waals surface area contributed by atoms with Gasteiger partial charge in [-0.1, -0.05) is 0 Å². The van der Waals surface area contributed by atoms with Gasteiger partial charge in [0.2, 0.25) is 0 Å². The molecule has 0 aromatic heterocycles. The maximum atomic E-state index is 11.5. The van der Waals surface area contributed by atoms with E-state index in [2.05, 4.69) is 4.74 Å². The van der Waals surface area contributed by atoms with E-state index in [0.29, 0.717) is 5.75 Å². The molecule has 0 amide bonds. The number of esters is 1. The Morgan fingerprint density at radius 2 is 2.00 bits per heavy atom. The SMILES string of the molecule is COC(=O)C1C(=O)CSC1C(OC)OC. The second-order valence-electron chi connectivity index (χ2n) is 3.08. The lowest BCUT2D eigenvalue weighted by Gasteiger charge is -2.22. The lowest BCUT2D eigenvalue weighted by Crippen LogP contribution is -2.38. The molecule has 1 heterocycles. The molecule has 2 unspecified atom stereocenters. The van der Waals surface area contributed by atoms with Gasteiger partial charge < -0.3 is 14.2 Å². The molecule has 1 rings (SSSR count). The molecule has 1 aliphatic rings. The first kappa shape index (κ1) is 12.5. The van der Waals surface area contributed by atoms with Crippen LogP contribution >= 0.6 is 11.8 Å². The van der Waals surface area contributed by atoms with Crippen LogP contribution in [0.4, 0.5) is 0 Å². The van der Waals surface area contributed by atoms with Crippen LogP contribution in [0.5, 0.6) is 0 Å². The van der Waals surface area contributed by atoms with Gasteiger partial charge in [0, 0.05) is 14.2 Å². The van der Waals surface area contributed by atoms with Crippen LogP contribution in [0.3, 0.4) is 0 Å². The van der Waals surface area contributed by atoms with E-state index in [0.717, 1.165) is 0 Å². The number of methoxy groups -OCH3 is 3. The maximum absolute atomic E-state index is 11.5. The Balaban J connectivity index is 2.79. The number of carbonyl (C=O) groups is 2. The van der Waals surface area contributed by atoms with Gasteiger partial charge in [-0.05, 0) is 0 Å². The summed E-state index contributed by atoms with van der Waals surface area (Å²) < 4.78 is 14.7. The van der Waals surface area contributed by atoms with Crippen LogP contribution in [-0.2, 0) is 23.8 Å². The predicted octanol–water partition coefficient (Wildman–Crippen LogP) is 0.0790. The smallest absolute Gasteiger partial charge is 0.317 e. The van der Waals surface area contributed by atoms with Gasteiger partial charge in [0.25, 0.3) is 0 Å². The fraction of sp³-hybridized carbons (Fsp3) is 0.778. The van der Waals surface area contributed by atoms with E-state index >= 15 is 0 Å².